The van der Waals surface area contributed by atoms with E-state index in [-0.39, 0.29) is 5.92 Å². The maximum absolute atomic E-state index is 12.0. The Balaban J connectivity index is 2.11. The molecule has 1 aliphatic heterocycles. The van der Waals surface area contributed by atoms with Gasteiger partial charge in [-0.3, -0.25) is 4.79 Å². The van der Waals surface area contributed by atoms with E-state index in [0.717, 1.165) is 35.3 Å². The summed E-state index contributed by atoms with van der Waals surface area (Å²) in [6.07, 6.45) is 1.95. The standard InChI is InChI=1S/C10H12BrNOS/c11-8-3-6-14-10(8)9(13)7-1-4-12-5-2-7/h3,6-7,12H,1-2,4-5H2. The van der Waals surface area contributed by atoms with Gasteiger partial charge in [-0.15, -0.1) is 11.3 Å². The molecule has 0 atom stereocenters. The van der Waals surface area contributed by atoms with Crippen molar-refractivity contribution < 1.29 is 4.79 Å². The molecule has 4 heteroatoms. The molecule has 1 aliphatic rings. The van der Waals surface area contributed by atoms with Crippen LogP contribution in [0, 0.1) is 5.92 Å². The van der Waals surface area contributed by atoms with Gasteiger partial charge in [-0.1, -0.05) is 0 Å². The van der Waals surface area contributed by atoms with Crippen molar-refractivity contribution >= 4 is 33.0 Å². The van der Waals surface area contributed by atoms with Crippen LogP contribution >= 0.6 is 27.3 Å². The summed E-state index contributed by atoms with van der Waals surface area (Å²) in [5.74, 6) is 0.541. The Morgan fingerprint density at radius 3 is 2.79 bits per heavy atom. The lowest BCUT2D eigenvalue weighted by molar-refractivity contribution is 0.0898. The maximum atomic E-state index is 12.0. The SMILES string of the molecule is O=C(c1sccc1Br)C1CCNCC1. The molecular formula is C10H12BrNOS. The van der Waals surface area contributed by atoms with E-state index in [1.807, 2.05) is 11.4 Å². The highest BCUT2D eigenvalue weighted by Gasteiger charge is 2.24. The zero-order valence-corrected chi connectivity index (χ0v) is 10.2. The zero-order chi connectivity index (χ0) is 9.97. The van der Waals surface area contributed by atoms with E-state index in [9.17, 15) is 4.79 Å². The van der Waals surface area contributed by atoms with Gasteiger partial charge in [-0.25, -0.2) is 0 Å². The van der Waals surface area contributed by atoms with Crippen molar-refractivity contribution in [3.8, 4) is 0 Å². The highest BCUT2D eigenvalue weighted by molar-refractivity contribution is 9.10. The van der Waals surface area contributed by atoms with Crippen LogP contribution in [0.1, 0.15) is 22.5 Å². The number of rotatable bonds is 2. The molecule has 0 aliphatic carbocycles. The topological polar surface area (TPSA) is 29.1 Å². The van der Waals surface area contributed by atoms with E-state index in [0.29, 0.717) is 5.78 Å². The fraction of sp³-hybridized carbons (Fsp3) is 0.500. The molecule has 1 saturated heterocycles. The molecule has 0 aromatic carbocycles. The number of piperidine rings is 1. The molecule has 2 rings (SSSR count). The highest BCUT2D eigenvalue weighted by Crippen LogP contribution is 2.28. The number of carbonyl (C=O) groups is 1. The number of carbonyl (C=O) groups excluding carboxylic acids is 1. The maximum Gasteiger partial charge on any atom is 0.177 e. The molecule has 1 aromatic heterocycles. The highest BCUT2D eigenvalue weighted by atomic mass is 79.9. The molecule has 1 fully saturated rings. The number of hydrogen-bond acceptors (Lipinski definition) is 3. The van der Waals surface area contributed by atoms with E-state index in [2.05, 4.69) is 21.2 Å². The molecule has 2 nitrogen and oxygen atoms in total. The summed E-state index contributed by atoms with van der Waals surface area (Å²) in [7, 11) is 0. The third-order valence-electron chi connectivity index (χ3n) is 2.55. The van der Waals surface area contributed by atoms with Gasteiger partial charge in [0.15, 0.2) is 5.78 Å². The first-order chi connectivity index (χ1) is 6.79. The quantitative estimate of drug-likeness (QED) is 0.840. The molecule has 0 radical (unpaired) electrons. The van der Waals surface area contributed by atoms with Crippen LogP contribution in [-0.4, -0.2) is 18.9 Å². The Labute approximate surface area is 95.8 Å². The third-order valence-corrected chi connectivity index (χ3v) is 4.40. The van der Waals surface area contributed by atoms with Crippen LogP contribution in [0.5, 0.6) is 0 Å². The number of ketones is 1. The average molecular weight is 274 g/mol. The van der Waals surface area contributed by atoms with Crippen LogP contribution in [0.2, 0.25) is 0 Å². The molecule has 1 N–H and O–H groups in total. The predicted molar refractivity (Wildman–Crippen MR) is 61.9 cm³/mol. The first kappa shape index (κ1) is 10.3. The molecule has 76 valence electrons. The van der Waals surface area contributed by atoms with E-state index >= 15 is 0 Å². The lowest BCUT2D eigenvalue weighted by Gasteiger charge is -2.20. The van der Waals surface area contributed by atoms with Gasteiger partial charge in [0.1, 0.15) is 0 Å². The second-order valence-electron chi connectivity index (χ2n) is 3.49. The van der Waals surface area contributed by atoms with E-state index in [4.69, 9.17) is 0 Å². The van der Waals surface area contributed by atoms with Crippen LogP contribution in [0.3, 0.4) is 0 Å². The number of hydrogen-bond donors (Lipinski definition) is 1. The lowest BCUT2D eigenvalue weighted by atomic mass is 9.93. The predicted octanol–water partition coefficient (Wildman–Crippen LogP) is 2.69. The molecular weight excluding hydrogens is 262 g/mol. The summed E-state index contributed by atoms with van der Waals surface area (Å²) in [5.41, 5.74) is 0. The summed E-state index contributed by atoms with van der Waals surface area (Å²) in [5, 5.41) is 5.23. The third kappa shape index (κ3) is 2.07. The monoisotopic (exact) mass is 273 g/mol. The Bertz CT molecular complexity index is 331. The number of halogens is 1. The molecule has 0 unspecified atom stereocenters. The molecule has 0 spiro atoms. The van der Waals surface area contributed by atoms with E-state index in [1.165, 1.54) is 11.3 Å². The second-order valence-corrected chi connectivity index (χ2v) is 5.26. The Hall–Kier alpha value is -0.190. The summed E-state index contributed by atoms with van der Waals surface area (Å²) in [6.45, 7) is 1.94. The minimum absolute atomic E-state index is 0.228. The summed E-state index contributed by atoms with van der Waals surface area (Å²) < 4.78 is 0.950. The lowest BCUT2D eigenvalue weighted by Crippen LogP contribution is -2.31. The Kier molecular flexibility index (Phi) is 3.36. The van der Waals surface area contributed by atoms with Gasteiger partial charge < -0.3 is 5.32 Å². The molecule has 1 aromatic rings. The molecule has 0 bridgehead atoms. The molecule has 0 saturated carbocycles. The van der Waals surface area contributed by atoms with Crippen molar-refractivity contribution in [1.29, 1.82) is 0 Å². The van der Waals surface area contributed by atoms with Gasteiger partial charge >= 0.3 is 0 Å². The van der Waals surface area contributed by atoms with Gasteiger partial charge in [0.2, 0.25) is 0 Å². The van der Waals surface area contributed by atoms with Crippen molar-refractivity contribution in [2.24, 2.45) is 5.92 Å². The Morgan fingerprint density at radius 1 is 1.50 bits per heavy atom. The van der Waals surface area contributed by atoms with Crippen LogP contribution < -0.4 is 5.32 Å². The number of thiophene rings is 1. The van der Waals surface area contributed by atoms with E-state index in [1.54, 1.807) is 0 Å². The minimum atomic E-state index is 0.228. The largest absolute Gasteiger partial charge is 0.317 e. The second kappa shape index (κ2) is 4.55. The van der Waals surface area contributed by atoms with Crippen LogP contribution in [0.15, 0.2) is 15.9 Å². The van der Waals surface area contributed by atoms with Gasteiger partial charge in [0.05, 0.1) is 4.88 Å². The number of nitrogens with one attached hydrogen (secondary N) is 1. The van der Waals surface area contributed by atoms with Crippen molar-refractivity contribution in [2.45, 2.75) is 12.8 Å². The first-order valence-electron chi connectivity index (χ1n) is 4.77. The van der Waals surface area contributed by atoms with Crippen molar-refractivity contribution in [3.63, 3.8) is 0 Å². The first-order valence-corrected chi connectivity index (χ1v) is 6.44. The van der Waals surface area contributed by atoms with E-state index < -0.39 is 0 Å². The summed E-state index contributed by atoms with van der Waals surface area (Å²) >= 11 is 4.94. The van der Waals surface area contributed by atoms with Crippen LogP contribution in [0.4, 0.5) is 0 Å². The zero-order valence-electron chi connectivity index (χ0n) is 7.75. The molecule has 2 heterocycles. The normalized spacial score (nSPS) is 18.4. The van der Waals surface area contributed by atoms with Crippen LogP contribution in [-0.2, 0) is 0 Å². The summed E-state index contributed by atoms with van der Waals surface area (Å²) in [6, 6.07) is 1.94. The van der Waals surface area contributed by atoms with Gasteiger partial charge in [0.25, 0.3) is 0 Å². The number of Topliss-reactive ketones (excluding diaryl/α,β-unsaturated/α-hetero) is 1. The van der Waals surface area contributed by atoms with Crippen LogP contribution in [0.25, 0.3) is 0 Å². The van der Waals surface area contributed by atoms with Crippen molar-refractivity contribution in [1.82, 2.24) is 5.32 Å². The average Bonchev–Trinajstić information content (AvgIpc) is 2.65. The van der Waals surface area contributed by atoms with Crippen molar-refractivity contribution in [2.75, 3.05) is 13.1 Å². The minimum Gasteiger partial charge on any atom is -0.317 e. The molecule has 14 heavy (non-hydrogen) atoms. The van der Waals surface area contributed by atoms with Gasteiger partial charge in [-0.05, 0) is 53.3 Å². The smallest absolute Gasteiger partial charge is 0.177 e. The fourth-order valence-corrected chi connectivity index (χ4v) is 3.33. The fourth-order valence-electron chi connectivity index (χ4n) is 1.74. The van der Waals surface area contributed by atoms with Crippen molar-refractivity contribution in [3.05, 3.63) is 20.8 Å². The van der Waals surface area contributed by atoms with Gasteiger partial charge in [0, 0.05) is 10.4 Å². The Morgan fingerprint density at radius 2 is 2.21 bits per heavy atom. The van der Waals surface area contributed by atoms with Gasteiger partial charge in [-0.2, -0.15) is 0 Å². The molecule has 0 amide bonds. The summed E-state index contributed by atoms with van der Waals surface area (Å²) in [4.78, 5) is 12.9.